The smallest absolute Gasteiger partial charge is 0.230 e. The van der Waals surface area contributed by atoms with Gasteiger partial charge in [0.1, 0.15) is 5.82 Å². The fraction of sp³-hybridized carbons (Fsp3) is 0.400. The minimum atomic E-state index is 0.0515. The Kier molecular flexibility index (Phi) is 1.62. The number of hydrogen-bond donors (Lipinski definition) is 1. The Labute approximate surface area is 77.2 Å². The molecule has 0 radical (unpaired) electrons. The molecule has 2 rings (SSSR count). The number of anilines is 1. The van der Waals surface area contributed by atoms with E-state index >= 15 is 0 Å². The zero-order chi connectivity index (χ0) is 9.59. The van der Waals surface area contributed by atoms with E-state index in [9.17, 15) is 4.79 Å². The molecule has 0 aliphatic carbocycles. The topological polar surface area (TPSA) is 42.0 Å². The Balaban J connectivity index is 2.66. The highest BCUT2D eigenvalue weighted by Gasteiger charge is 2.22. The molecule has 0 fully saturated rings. The van der Waals surface area contributed by atoms with E-state index in [-0.39, 0.29) is 5.91 Å². The number of carbonyl (C=O) groups is 1. The molecule has 0 saturated heterocycles. The first-order valence-electron chi connectivity index (χ1n) is 4.36. The SMILES string of the molecule is Cc1nc2c(c(C)c1C)CC(=O)N2. The van der Waals surface area contributed by atoms with E-state index in [2.05, 4.69) is 10.3 Å². The number of pyridine rings is 1. The van der Waals surface area contributed by atoms with Crippen molar-refractivity contribution in [3.8, 4) is 0 Å². The maximum Gasteiger partial charge on any atom is 0.230 e. The van der Waals surface area contributed by atoms with Crippen LogP contribution in [0.2, 0.25) is 0 Å². The van der Waals surface area contributed by atoms with Crippen LogP contribution in [-0.4, -0.2) is 10.9 Å². The predicted molar refractivity (Wildman–Crippen MR) is 50.8 cm³/mol. The van der Waals surface area contributed by atoms with Crippen LogP contribution in [0.5, 0.6) is 0 Å². The molecule has 0 aromatic carbocycles. The summed E-state index contributed by atoms with van der Waals surface area (Å²) >= 11 is 0. The molecular formula is C10H12N2O. The molecule has 68 valence electrons. The van der Waals surface area contributed by atoms with E-state index in [1.807, 2.05) is 20.8 Å². The Morgan fingerprint density at radius 2 is 1.92 bits per heavy atom. The molecule has 0 bridgehead atoms. The van der Waals surface area contributed by atoms with Crippen molar-refractivity contribution in [3.05, 3.63) is 22.4 Å². The molecular weight excluding hydrogens is 164 g/mol. The molecule has 1 aromatic heterocycles. The van der Waals surface area contributed by atoms with Gasteiger partial charge in [-0.15, -0.1) is 0 Å². The molecule has 3 nitrogen and oxygen atoms in total. The van der Waals surface area contributed by atoms with Gasteiger partial charge >= 0.3 is 0 Å². The molecule has 13 heavy (non-hydrogen) atoms. The van der Waals surface area contributed by atoms with E-state index in [1.54, 1.807) is 0 Å². The molecule has 1 amide bonds. The van der Waals surface area contributed by atoms with Crippen molar-refractivity contribution in [3.63, 3.8) is 0 Å². The van der Waals surface area contributed by atoms with Crippen LogP contribution in [0.1, 0.15) is 22.4 Å². The minimum Gasteiger partial charge on any atom is -0.310 e. The Morgan fingerprint density at radius 1 is 1.23 bits per heavy atom. The second kappa shape index (κ2) is 2.55. The summed E-state index contributed by atoms with van der Waals surface area (Å²) in [7, 11) is 0. The van der Waals surface area contributed by atoms with E-state index in [0.29, 0.717) is 6.42 Å². The van der Waals surface area contributed by atoms with Crippen LogP contribution in [0.15, 0.2) is 0 Å². The average Bonchev–Trinajstić information content (AvgIpc) is 2.42. The zero-order valence-corrected chi connectivity index (χ0v) is 8.06. The highest BCUT2D eigenvalue weighted by atomic mass is 16.1. The van der Waals surface area contributed by atoms with Crippen molar-refractivity contribution in [1.82, 2.24) is 4.98 Å². The summed E-state index contributed by atoms with van der Waals surface area (Å²) in [6, 6.07) is 0. The molecule has 1 aliphatic rings. The predicted octanol–water partition coefficient (Wildman–Crippen LogP) is 1.50. The van der Waals surface area contributed by atoms with Crippen molar-refractivity contribution in [2.75, 3.05) is 5.32 Å². The lowest BCUT2D eigenvalue weighted by Gasteiger charge is -2.08. The first-order chi connectivity index (χ1) is 6.09. The number of hydrogen-bond acceptors (Lipinski definition) is 2. The monoisotopic (exact) mass is 176 g/mol. The van der Waals surface area contributed by atoms with Gasteiger partial charge in [-0.2, -0.15) is 0 Å². The summed E-state index contributed by atoms with van der Waals surface area (Å²) in [6.45, 7) is 6.05. The fourth-order valence-corrected chi connectivity index (χ4v) is 1.65. The van der Waals surface area contributed by atoms with E-state index in [1.165, 1.54) is 11.1 Å². The second-order valence-electron chi connectivity index (χ2n) is 3.50. The molecule has 2 heterocycles. The molecule has 0 spiro atoms. The maximum atomic E-state index is 11.1. The Morgan fingerprint density at radius 3 is 2.62 bits per heavy atom. The van der Waals surface area contributed by atoms with Gasteiger partial charge in [-0.05, 0) is 31.9 Å². The number of fused-ring (bicyclic) bond motifs is 1. The van der Waals surface area contributed by atoms with Gasteiger partial charge in [0.15, 0.2) is 0 Å². The van der Waals surface area contributed by atoms with Crippen molar-refractivity contribution in [2.45, 2.75) is 27.2 Å². The number of rotatable bonds is 0. The third-order valence-corrected chi connectivity index (χ3v) is 2.72. The van der Waals surface area contributed by atoms with Gasteiger partial charge in [0.05, 0.1) is 6.42 Å². The zero-order valence-electron chi connectivity index (χ0n) is 8.06. The maximum absolute atomic E-state index is 11.1. The Bertz CT molecular complexity index is 396. The molecule has 1 aliphatic heterocycles. The largest absolute Gasteiger partial charge is 0.310 e. The van der Waals surface area contributed by atoms with Crippen LogP contribution in [0.25, 0.3) is 0 Å². The van der Waals surface area contributed by atoms with E-state index in [0.717, 1.165) is 17.1 Å². The van der Waals surface area contributed by atoms with E-state index in [4.69, 9.17) is 0 Å². The highest BCUT2D eigenvalue weighted by Crippen LogP contribution is 2.27. The molecule has 0 unspecified atom stereocenters. The minimum absolute atomic E-state index is 0.0515. The lowest BCUT2D eigenvalue weighted by Crippen LogP contribution is -2.04. The molecule has 3 heteroatoms. The van der Waals surface area contributed by atoms with Gasteiger partial charge in [0, 0.05) is 11.3 Å². The Hall–Kier alpha value is -1.38. The number of carbonyl (C=O) groups excluding carboxylic acids is 1. The van der Waals surface area contributed by atoms with Gasteiger partial charge in [-0.25, -0.2) is 4.98 Å². The summed E-state index contributed by atoms with van der Waals surface area (Å²) in [4.78, 5) is 15.5. The number of aryl methyl sites for hydroxylation is 1. The van der Waals surface area contributed by atoms with Crippen LogP contribution in [0.4, 0.5) is 5.82 Å². The van der Waals surface area contributed by atoms with Crippen LogP contribution >= 0.6 is 0 Å². The van der Waals surface area contributed by atoms with Gasteiger partial charge in [-0.1, -0.05) is 0 Å². The van der Waals surface area contributed by atoms with Gasteiger partial charge in [0.2, 0.25) is 5.91 Å². The number of nitrogens with one attached hydrogen (secondary N) is 1. The third-order valence-electron chi connectivity index (χ3n) is 2.72. The number of nitrogens with zero attached hydrogens (tertiary/aromatic N) is 1. The quantitative estimate of drug-likeness (QED) is 0.651. The third kappa shape index (κ3) is 1.11. The van der Waals surface area contributed by atoms with Crippen molar-refractivity contribution >= 4 is 11.7 Å². The van der Waals surface area contributed by atoms with Crippen molar-refractivity contribution < 1.29 is 4.79 Å². The van der Waals surface area contributed by atoms with Crippen LogP contribution in [0, 0.1) is 20.8 Å². The van der Waals surface area contributed by atoms with E-state index < -0.39 is 0 Å². The second-order valence-corrected chi connectivity index (χ2v) is 3.50. The standard InChI is InChI=1S/C10H12N2O/c1-5-6(2)8-4-9(13)12-10(8)11-7(5)3/h4H2,1-3H3,(H,11,12,13). The highest BCUT2D eigenvalue weighted by molar-refractivity contribution is 5.98. The lowest BCUT2D eigenvalue weighted by molar-refractivity contribution is -0.115. The number of amides is 1. The average molecular weight is 176 g/mol. The summed E-state index contributed by atoms with van der Waals surface area (Å²) in [5, 5.41) is 2.76. The van der Waals surface area contributed by atoms with Crippen molar-refractivity contribution in [1.29, 1.82) is 0 Å². The fourth-order valence-electron chi connectivity index (χ4n) is 1.65. The molecule has 0 atom stereocenters. The van der Waals surface area contributed by atoms with Crippen LogP contribution in [0.3, 0.4) is 0 Å². The van der Waals surface area contributed by atoms with Gasteiger partial charge in [-0.3, -0.25) is 4.79 Å². The summed E-state index contributed by atoms with van der Waals surface area (Å²) in [5.41, 5.74) is 4.45. The first-order valence-corrected chi connectivity index (χ1v) is 4.36. The normalized spacial score (nSPS) is 14.2. The molecule has 1 N–H and O–H groups in total. The van der Waals surface area contributed by atoms with Crippen LogP contribution in [-0.2, 0) is 11.2 Å². The lowest BCUT2D eigenvalue weighted by atomic mass is 10.0. The summed E-state index contributed by atoms with van der Waals surface area (Å²) in [6.07, 6.45) is 0.481. The van der Waals surface area contributed by atoms with Crippen LogP contribution < -0.4 is 5.32 Å². The van der Waals surface area contributed by atoms with Crippen molar-refractivity contribution in [2.24, 2.45) is 0 Å². The molecule has 0 saturated carbocycles. The number of aromatic nitrogens is 1. The van der Waals surface area contributed by atoms with Gasteiger partial charge < -0.3 is 5.32 Å². The summed E-state index contributed by atoms with van der Waals surface area (Å²) in [5.74, 6) is 0.807. The summed E-state index contributed by atoms with van der Waals surface area (Å²) < 4.78 is 0. The molecule has 1 aromatic rings. The first kappa shape index (κ1) is 8.23. The van der Waals surface area contributed by atoms with Gasteiger partial charge in [0.25, 0.3) is 0 Å².